The average Bonchev–Trinajstić information content (AvgIpc) is 1.27. The molecular formula is C3H4O4Zr. The monoisotopic (exact) mass is 194 g/mol. The van der Waals surface area contributed by atoms with Crippen molar-refractivity contribution in [2.45, 2.75) is 6.42 Å². The number of rotatable bonds is 2. The second-order valence-corrected chi connectivity index (χ2v) is 0.964. The van der Waals surface area contributed by atoms with Crippen LogP contribution in [-0.4, -0.2) is 22.2 Å². The molecule has 0 aliphatic rings. The average molecular weight is 195 g/mol. The number of hydrogen-bond acceptors (Lipinski definition) is 2. The summed E-state index contributed by atoms with van der Waals surface area (Å²) in [7, 11) is 0. The summed E-state index contributed by atoms with van der Waals surface area (Å²) >= 11 is 0. The zero-order valence-corrected chi connectivity index (χ0v) is 6.38. The second-order valence-electron chi connectivity index (χ2n) is 0.964. The van der Waals surface area contributed by atoms with Gasteiger partial charge in [0.25, 0.3) is 0 Å². The van der Waals surface area contributed by atoms with Gasteiger partial charge in [-0.05, 0) is 0 Å². The topological polar surface area (TPSA) is 74.6 Å². The quantitative estimate of drug-likeness (QED) is 0.585. The van der Waals surface area contributed by atoms with Crippen LogP contribution >= 0.6 is 0 Å². The first-order valence-electron chi connectivity index (χ1n) is 1.56. The summed E-state index contributed by atoms with van der Waals surface area (Å²) < 4.78 is 0. The van der Waals surface area contributed by atoms with Crippen LogP contribution in [0.1, 0.15) is 6.42 Å². The molecule has 0 spiro atoms. The van der Waals surface area contributed by atoms with Crippen molar-refractivity contribution < 1.29 is 46.0 Å². The molecule has 0 aliphatic carbocycles. The van der Waals surface area contributed by atoms with Crippen LogP contribution in [0.2, 0.25) is 0 Å². The fourth-order valence-corrected chi connectivity index (χ4v) is 0.129. The summed E-state index contributed by atoms with van der Waals surface area (Å²) in [5.74, 6) is -2.62. The van der Waals surface area contributed by atoms with Gasteiger partial charge >= 0.3 is 11.9 Å². The Morgan fingerprint density at radius 1 is 1.12 bits per heavy atom. The summed E-state index contributed by atoms with van der Waals surface area (Å²) in [4.78, 5) is 18.9. The van der Waals surface area contributed by atoms with Crippen molar-refractivity contribution >= 4 is 11.9 Å². The van der Waals surface area contributed by atoms with Crippen LogP contribution in [-0.2, 0) is 35.8 Å². The SMILES string of the molecule is O=C(O)CC(=O)O.[Zr]. The van der Waals surface area contributed by atoms with E-state index in [9.17, 15) is 9.59 Å². The zero-order chi connectivity index (χ0) is 5.86. The summed E-state index contributed by atoms with van der Waals surface area (Å²) in [6.07, 6.45) is -0.806. The van der Waals surface area contributed by atoms with Crippen LogP contribution in [0.5, 0.6) is 0 Å². The molecule has 2 N–H and O–H groups in total. The van der Waals surface area contributed by atoms with E-state index in [4.69, 9.17) is 10.2 Å². The summed E-state index contributed by atoms with van der Waals surface area (Å²) in [5, 5.41) is 15.4. The number of carbonyl (C=O) groups is 2. The Balaban J connectivity index is 0. The molecule has 0 saturated carbocycles. The van der Waals surface area contributed by atoms with Crippen LogP contribution in [0.4, 0.5) is 0 Å². The minimum Gasteiger partial charge on any atom is -0.481 e. The molecule has 0 aromatic carbocycles. The van der Waals surface area contributed by atoms with E-state index in [1.54, 1.807) is 0 Å². The van der Waals surface area contributed by atoms with Gasteiger partial charge in [-0.15, -0.1) is 0 Å². The third kappa shape index (κ3) is 9.27. The second kappa shape index (κ2) is 4.97. The van der Waals surface area contributed by atoms with E-state index in [0.29, 0.717) is 0 Å². The molecule has 4 nitrogen and oxygen atoms in total. The van der Waals surface area contributed by atoms with Crippen molar-refractivity contribution in [2.75, 3.05) is 0 Å². The Kier molecular flexibility index (Phi) is 6.67. The standard InChI is InChI=1S/C3H4O4.Zr/c4-2(5)1-3(6)7;/h1H2,(H,4,5)(H,6,7);. The molecule has 0 rings (SSSR count). The van der Waals surface area contributed by atoms with Crippen molar-refractivity contribution in [3.8, 4) is 0 Å². The third-order valence-electron chi connectivity index (χ3n) is 0.302. The first-order chi connectivity index (χ1) is 3.13. The molecule has 44 valence electrons. The maximum atomic E-state index is 9.43. The largest absolute Gasteiger partial charge is 0.481 e. The smallest absolute Gasteiger partial charge is 0.314 e. The predicted octanol–water partition coefficient (Wildman–Crippen LogP) is -0.457. The summed E-state index contributed by atoms with van der Waals surface area (Å²) in [6, 6.07) is 0. The minimum atomic E-state index is -1.31. The van der Waals surface area contributed by atoms with E-state index in [0.717, 1.165) is 0 Å². The van der Waals surface area contributed by atoms with Crippen molar-refractivity contribution in [1.82, 2.24) is 0 Å². The molecule has 5 heteroatoms. The van der Waals surface area contributed by atoms with Crippen molar-refractivity contribution in [3.63, 3.8) is 0 Å². The van der Waals surface area contributed by atoms with Gasteiger partial charge < -0.3 is 10.2 Å². The van der Waals surface area contributed by atoms with Gasteiger partial charge in [-0.25, -0.2) is 0 Å². The molecule has 0 bridgehead atoms. The van der Waals surface area contributed by atoms with Gasteiger partial charge in [0.05, 0.1) is 0 Å². The molecule has 0 saturated heterocycles. The molecule has 0 aliphatic heterocycles. The molecular weight excluding hydrogens is 191 g/mol. The van der Waals surface area contributed by atoms with Crippen LogP contribution in [0.3, 0.4) is 0 Å². The fourth-order valence-electron chi connectivity index (χ4n) is 0.129. The minimum absolute atomic E-state index is 0. The van der Waals surface area contributed by atoms with Crippen molar-refractivity contribution in [3.05, 3.63) is 0 Å². The van der Waals surface area contributed by atoms with E-state index in [1.165, 1.54) is 0 Å². The molecule has 0 unspecified atom stereocenters. The van der Waals surface area contributed by atoms with Gasteiger partial charge in [0.15, 0.2) is 0 Å². The Morgan fingerprint density at radius 3 is 1.38 bits per heavy atom. The van der Waals surface area contributed by atoms with Gasteiger partial charge in [0.2, 0.25) is 0 Å². The zero-order valence-electron chi connectivity index (χ0n) is 3.92. The first kappa shape index (κ1) is 10.7. The Hall–Kier alpha value is -0.177. The van der Waals surface area contributed by atoms with E-state index in [-0.39, 0.29) is 26.2 Å². The maximum absolute atomic E-state index is 9.43. The van der Waals surface area contributed by atoms with Crippen molar-refractivity contribution in [1.29, 1.82) is 0 Å². The van der Waals surface area contributed by atoms with Crippen molar-refractivity contribution in [2.24, 2.45) is 0 Å². The van der Waals surface area contributed by atoms with Gasteiger partial charge in [-0.3, -0.25) is 9.59 Å². The summed E-state index contributed by atoms with van der Waals surface area (Å²) in [5.41, 5.74) is 0. The molecule has 0 aromatic heterocycles. The molecule has 0 heterocycles. The number of aliphatic carboxylic acids is 2. The van der Waals surface area contributed by atoms with Crippen LogP contribution in [0.15, 0.2) is 0 Å². The third-order valence-corrected chi connectivity index (χ3v) is 0.302. The fraction of sp³-hybridized carbons (Fsp3) is 0.333. The number of carboxylic acid groups (broad SMARTS) is 2. The Morgan fingerprint density at radius 2 is 1.38 bits per heavy atom. The van der Waals surface area contributed by atoms with Gasteiger partial charge in [0, 0.05) is 26.2 Å². The predicted molar refractivity (Wildman–Crippen MR) is 19.9 cm³/mol. The first-order valence-corrected chi connectivity index (χ1v) is 1.56. The normalized spacial score (nSPS) is 7.00. The molecule has 0 atom stereocenters. The Bertz CT molecular complexity index is 87.5. The number of hydrogen-bond donors (Lipinski definition) is 2. The molecule has 0 aromatic rings. The molecule has 0 fully saturated rings. The molecule has 0 radical (unpaired) electrons. The van der Waals surface area contributed by atoms with Gasteiger partial charge in [-0.1, -0.05) is 0 Å². The van der Waals surface area contributed by atoms with E-state index in [1.807, 2.05) is 0 Å². The van der Waals surface area contributed by atoms with Crippen LogP contribution in [0, 0.1) is 0 Å². The number of carboxylic acids is 2. The van der Waals surface area contributed by atoms with Crippen LogP contribution < -0.4 is 0 Å². The Labute approximate surface area is 64.6 Å². The van der Waals surface area contributed by atoms with Crippen LogP contribution in [0.25, 0.3) is 0 Å². The summed E-state index contributed by atoms with van der Waals surface area (Å²) in [6.45, 7) is 0. The van der Waals surface area contributed by atoms with Gasteiger partial charge in [-0.2, -0.15) is 0 Å². The van der Waals surface area contributed by atoms with Gasteiger partial charge in [0.1, 0.15) is 6.42 Å². The maximum Gasteiger partial charge on any atom is 0.314 e. The van der Waals surface area contributed by atoms with E-state index >= 15 is 0 Å². The molecule has 8 heavy (non-hydrogen) atoms. The van der Waals surface area contributed by atoms with E-state index < -0.39 is 18.4 Å². The molecule has 0 amide bonds. The van der Waals surface area contributed by atoms with E-state index in [2.05, 4.69) is 0 Å².